The summed E-state index contributed by atoms with van der Waals surface area (Å²) >= 11 is 0. The number of nitrogens with zero attached hydrogens (tertiary/aromatic N) is 2. The number of hydrogen-bond donors (Lipinski definition) is 0. The molecule has 0 N–H and O–H groups in total. The predicted octanol–water partition coefficient (Wildman–Crippen LogP) is 3.75. The molecule has 0 saturated heterocycles. The van der Waals surface area contributed by atoms with Crippen molar-refractivity contribution in [3.63, 3.8) is 0 Å². The first-order valence-corrected chi connectivity index (χ1v) is 5.00. The summed E-state index contributed by atoms with van der Waals surface area (Å²) in [5.41, 5.74) is 1.60. The van der Waals surface area contributed by atoms with Crippen molar-refractivity contribution in [3.05, 3.63) is 65.1 Å². The normalized spacial score (nSPS) is 9.44. The van der Waals surface area contributed by atoms with E-state index in [1.807, 2.05) is 36.4 Å². The fourth-order valence-electron chi connectivity index (χ4n) is 1.38. The highest BCUT2D eigenvalue weighted by molar-refractivity contribution is 5.48. The molecule has 0 aliphatic heterocycles. The number of diazo groups is 1. The van der Waals surface area contributed by atoms with Crippen molar-refractivity contribution in [2.24, 2.45) is 0 Å². The monoisotopic (exact) mass is 211 g/mol. The molecule has 0 spiro atoms. The number of ether oxygens (including phenoxy) is 1. The standard InChI is InChI=1S/C13H11N2O/c14-15-12-7-4-8-13(9-12)16-10-11-5-2-1-3-6-11/h1-9H,10H2/q+1. The lowest BCUT2D eigenvalue weighted by molar-refractivity contribution is 0.306. The Kier molecular flexibility index (Phi) is 3.15. The molecule has 0 aliphatic rings. The summed E-state index contributed by atoms with van der Waals surface area (Å²) in [7, 11) is 0. The van der Waals surface area contributed by atoms with E-state index in [0.717, 1.165) is 5.56 Å². The molecule has 2 aromatic carbocycles. The number of rotatable bonds is 3. The van der Waals surface area contributed by atoms with Crippen LogP contribution < -0.4 is 4.74 Å². The van der Waals surface area contributed by atoms with Gasteiger partial charge in [0.1, 0.15) is 12.4 Å². The highest BCUT2D eigenvalue weighted by Gasteiger charge is 2.05. The molecule has 78 valence electrons. The minimum atomic E-state index is 0.491. The van der Waals surface area contributed by atoms with E-state index in [9.17, 15) is 0 Å². The largest absolute Gasteiger partial charge is 0.489 e. The van der Waals surface area contributed by atoms with Crippen molar-refractivity contribution in [2.45, 2.75) is 6.61 Å². The molecule has 0 unspecified atom stereocenters. The van der Waals surface area contributed by atoms with Gasteiger partial charge in [0.15, 0.2) is 4.98 Å². The average Bonchev–Trinajstić information content (AvgIpc) is 2.38. The van der Waals surface area contributed by atoms with Crippen LogP contribution in [0.3, 0.4) is 0 Å². The lowest BCUT2D eigenvalue weighted by Crippen LogP contribution is -1.94. The fourth-order valence-corrected chi connectivity index (χ4v) is 1.38. The molecule has 0 aromatic heterocycles. The summed E-state index contributed by atoms with van der Waals surface area (Å²) in [5.74, 6) is 0.694. The molecule has 0 radical (unpaired) electrons. The summed E-state index contributed by atoms with van der Waals surface area (Å²) < 4.78 is 5.56. The SMILES string of the molecule is N#[N+]c1cccc(OCc2ccccc2)c1. The van der Waals surface area contributed by atoms with Gasteiger partial charge in [-0.2, -0.15) is 0 Å². The van der Waals surface area contributed by atoms with Crippen molar-refractivity contribution < 1.29 is 4.74 Å². The zero-order chi connectivity index (χ0) is 11.2. The van der Waals surface area contributed by atoms with E-state index in [2.05, 4.69) is 4.98 Å². The van der Waals surface area contributed by atoms with Crippen LogP contribution in [0.15, 0.2) is 54.6 Å². The molecular weight excluding hydrogens is 200 g/mol. The zero-order valence-corrected chi connectivity index (χ0v) is 8.71. The Morgan fingerprint density at radius 3 is 2.56 bits per heavy atom. The number of hydrogen-bond acceptors (Lipinski definition) is 2. The number of benzene rings is 2. The van der Waals surface area contributed by atoms with Crippen molar-refractivity contribution in [1.82, 2.24) is 0 Å². The second-order valence-electron chi connectivity index (χ2n) is 3.37. The maximum absolute atomic E-state index is 8.62. The Hall–Kier alpha value is -2.34. The van der Waals surface area contributed by atoms with Crippen LogP contribution in [0, 0.1) is 5.39 Å². The van der Waals surface area contributed by atoms with Crippen LogP contribution >= 0.6 is 0 Å². The maximum Gasteiger partial charge on any atom is 0.388 e. The molecule has 0 aliphatic carbocycles. The first kappa shape index (κ1) is 10.2. The van der Waals surface area contributed by atoms with Gasteiger partial charge < -0.3 is 4.74 Å². The van der Waals surface area contributed by atoms with Crippen molar-refractivity contribution in [2.75, 3.05) is 0 Å². The Labute approximate surface area is 93.9 Å². The van der Waals surface area contributed by atoms with E-state index in [0.29, 0.717) is 18.0 Å². The second kappa shape index (κ2) is 4.94. The van der Waals surface area contributed by atoms with Crippen molar-refractivity contribution >= 4 is 5.69 Å². The van der Waals surface area contributed by atoms with Crippen LogP contribution in [0.25, 0.3) is 4.98 Å². The Balaban J connectivity index is 2.03. The predicted molar refractivity (Wildman–Crippen MR) is 62.0 cm³/mol. The van der Waals surface area contributed by atoms with E-state index in [4.69, 9.17) is 10.1 Å². The summed E-state index contributed by atoms with van der Waals surface area (Å²) in [4.78, 5) is 3.11. The van der Waals surface area contributed by atoms with E-state index < -0.39 is 0 Å². The summed E-state index contributed by atoms with van der Waals surface area (Å²) in [6, 6.07) is 16.9. The van der Waals surface area contributed by atoms with E-state index in [-0.39, 0.29) is 0 Å². The third-order valence-corrected chi connectivity index (χ3v) is 2.18. The molecule has 3 nitrogen and oxygen atoms in total. The van der Waals surface area contributed by atoms with Gasteiger partial charge in [0.2, 0.25) is 5.39 Å². The molecule has 0 saturated carbocycles. The van der Waals surface area contributed by atoms with E-state index in [1.165, 1.54) is 0 Å². The fraction of sp³-hybridized carbons (Fsp3) is 0.0769. The molecule has 0 amide bonds. The summed E-state index contributed by atoms with van der Waals surface area (Å²) in [6.45, 7) is 0.510. The van der Waals surface area contributed by atoms with Gasteiger partial charge in [-0.1, -0.05) is 36.4 Å². The first-order valence-electron chi connectivity index (χ1n) is 5.00. The van der Waals surface area contributed by atoms with Gasteiger partial charge in [0.25, 0.3) is 0 Å². The van der Waals surface area contributed by atoms with Crippen LogP contribution in [-0.2, 0) is 6.61 Å². The minimum Gasteiger partial charge on any atom is -0.489 e. The van der Waals surface area contributed by atoms with Gasteiger partial charge in [0, 0.05) is 6.07 Å². The van der Waals surface area contributed by atoms with Gasteiger partial charge >= 0.3 is 5.69 Å². The summed E-state index contributed by atoms with van der Waals surface area (Å²) in [5, 5.41) is 8.62. The molecule has 0 atom stereocenters. The molecule has 0 bridgehead atoms. The third kappa shape index (κ3) is 2.58. The lowest BCUT2D eigenvalue weighted by atomic mass is 10.2. The van der Waals surface area contributed by atoms with Crippen LogP contribution in [0.5, 0.6) is 5.75 Å². The lowest BCUT2D eigenvalue weighted by Gasteiger charge is -2.04. The van der Waals surface area contributed by atoms with Crippen LogP contribution in [0.2, 0.25) is 0 Å². The van der Waals surface area contributed by atoms with Gasteiger partial charge in [0.05, 0.1) is 6.07 Å². The minimum absolute atomic E-state index is 0.491. The van der Waals surface area contributed by atoms with Crippen molar-refractivity contribution in [3.8, 4) is 5.75 Å². The zero-order valence-electron chi connectivity index (χ0n) is 8.71. The molecular formula is C13H11N2O+. The van der Waals surface area contributed by atoms with Gasteiger partial charge in [-0.3, -0.25) is 0 Å². The average molecular weight is 211 g/mol. The highest BCUT2D eigenvalue weighted by Crippen LogP contribution is 2.20. The Bertz CT molecular complexity index is 503. The quantitative estimate of drug-likeness (QED) is 0.725. The first-order chi connectivity index (χ1) is 7.88. The molecule has 16 heavy (non-hydrogen) atoms. The summed E-state index contributed by atoms with van der Waals surface area (Å²) in [6.07, 6.45) is 0. The van der Waals surface area contributed by atoms with Crippen molar-refractivity contribution in [1.29, 1.82) is 5.39 Å². The third-order valence-electron chi connectivity index (χ3n) is 2.18. The van der Waals surface area contributed by atoms with Gasteiger partial charge in [-0.25, -0.2) is 0 Å². The van der Waals surface area contributed by atoms with E-state index >= 15 is 0 Å². The topological polar surface area (TPSA) is 37.4 Å². The van der Waals surface area contributed by atoms with Gasteiger partial charge in [-0.15, -0.1) is 0 Å². The van der Waals surface area contributed by atoms with Gasteiger partial charge in [-0.05, 0) is 11.6 Å². The molecule has 3 heteroatoms. The smallest absolute Gasteiger partial charge is 0.388 e. The van der Waals surface area contributed by atoms with E-state index in [1.54, 1.807) is 18.2 Å². The second-order valence-corrected chi connectivity index (χ2v) is 3.37. The highest BCUT2D eigenvalue weighted by atomic mass is 16.5. The molecule has 2 rings (SSSR count). The van der Waals surface area contributed by atoms with Crippen LogP contribution in [0.4, 0.5) is 5.69 Å². The maximum atomic E-state index is 8.62. The molecule has 0 heterocycles. The molecule has 0 fully saturated rings. The Morgan fingerprint density at radius 2 is 1.81 bits per heavy atom. The Morgan fingerprint density at radius 1 is 1.00 bits per heavy atom. The van der Waals surface area contributed by atoms with Crippen LogP contribution in [-0.4, -0.2) is 0 Å². The van der Waals surface area contributed by atoms with Crippen LogP contribution in [0.1, 0.15) is 5.56 Å². The molecule has 2 aromatic rings.